The number of carbonyl (C=O) groups excluding carboxylic acids is 3. The van der Waals surface area contributed by atoms with Gasteiger partial charge in [-0.3, -0.25) is 19.4 Å². The van der Waals surface area contributed by atoms with Gasteiger partial charge in [0.25, 0.3) is 17.7 Å². The summed E-state index contributed by atoms with van der Waals surface area (Å²) in [5.41, 5.74) is 4.91. The Morgan fingerprint density at radius 2 is 1.85 bits per heavy atom. The van der Waals surface area contributed by atoms with Gasteiger partial charge in [-0.15, -0.1) is 11.3 Å². The van der Waals surface area contributed by atoms with Crippen LogP contribution in [0, 0.1) is 13.8 Å². The van der Waals surface area contributed by atoms with Crippen LogP contribution in [0.2, 0.25) is 0 Å². The SMILES string of the molecule is Cc1ccc(N2C(=O)c3ccc(C(=O)NCc4csc(-c5cccnc5)n4)cc3C2=O)c(C)c1. The number of hydrogen-bond donors (Lipinski definition) is 1. The zero-order chi connectivity index (χ0) is 23.8. The number of carbonyl (C=O) groups is 3. The van der Waals surface area contributed by atoms with Gasteiger partial charge in [0.2, 0.25) is 0 Å². The summed E-state index contributed by atoms with van der Waals surface area (Å²) < 4.78 is 0. The topological polar surface area (TPSA) is 92.3 Å². The monoisotopic (exact) mass is 468 g/mol. The number of anilines is 1. The first-order valence-electron chi connectivity index (χ1n) is 10.7. The molecule has 2 aromatic carbocycles. The number of pyridine rings is 1. The smallest absolute Gasteiger partial charge is 0.266 e. The van der Waals surface area contributed by atoms with E-state index < -0.39 is 5.91 Å². The summed E-state index contributed by atoms with van der Waals surface area (Å²) in [6.07, 6.45) is 3.44. The molecule has 0 fully saturated rings. The van der Waals surface area contributed by atoms with Gasteiger partial charge >= 0.3 is 0 Å². The molecular weight excluding hydrogens is 448 g/mol. The number of nitrogens with one attached hydrogen (secondary N) is 1. The van der Waals surface area contributed by atoms with Crippen molar-refractivity contribution in [1.82, 2.24) is 15.3 Å². The van der Waals surface area contributed by atoms with Gasteiger partial charge in [0.15, 0.2) is 0 Å². The second kappa shape index (κ2) is 8.64. The fourth-order valence-electron chi connectivity index (χ4n) is 3.94. The Kier molecular flexibility index (Phi) is 5.51. The maximum absolute atomic E-state index is 13.1. The lowest BCUT2D eigenvalue weighted by molar-refractivity contribution is 0.0923. The highest BCUT2D eigenvalue weighted by Gasteiger charge is 2.37. The summed E-state index contributed by atoms with van der Waals surface area (Å²) in [5, 5.41) is 5.54. The molecule has 0 unspecified atom stereocenters. The minimum Gasteiger partial charge on any atom is -0.346 e. The molecule has 4 aromatic rings. The summed E-state index contributed by atoms with van der Waals surface area (Å²) in [6.45, 7) is 4.06. The van der Waals surface area contributed by atoms with E-state index in [0.717, 1.165) is 27.4 Å². The Bertz CT molecular complexity index is 1450. The standard InChI is InChI=1S/C26H20N4O3S/c1-15-5-8-22(16(2)10-15)30-25(32)20-7-6-17(11-21(20)26(30)33)23(31)28-13-19-14-34-24(29-19)18-4-3-9-27-12-18/h3-12,14H,13H2,1-2H3,(H,28,31). The van der Waals surface area contributed by atoms with Crippen molar-refractivity contribution in [2.24, 2.45) is 0 Å². The van der Waals surface area contributed by atoms with E-state index in [1.165, 1.54) is 28.4 Å². The van der Waals surface area contributed by atoms with E-state index in [4.69, 9.17) is 0 Å². The van der Waals surface area contributed by atoms with Crippen LogP contribution in [0.15, 0.2) is 66.3 Å². The van der Waals surface area contributed by atoms with E-state index >= 15 is 0 Å². The van der Waals surface area contributed by atoms with Crippen LogP contribution in [-0.4, -0.2) is 27.7 Å². The maximum Gasteiger partial charge on any atom is 0.266 e. The van der Waals surface area contributed by atoms with Crippen LogP contribution >= 0.6 is 11.3 Å². The molecule has 0 saturated heterocycles. The Morgan fingerprint density at radius 1 is 1.03 bits per heavy atom. The molecule has 8 heteroatoms. The van der Waals surface area contributed by atoms with E-state index in [2.05, 4.69) is 15.3 Å². The van der Waals surface area contributed by atoms with Gasteiger partial charge in [-0.05, 0) is 55.8 Å². The zero-order valence-electron chi connectivity index (χ0n) is 18.5. The highest BCUT2D eigenvalue weighted by molar-refractivity contribution is 7.13. The molecule has 2 aromatic heterocycles. The Labute approximate surface area is 200 Å². The lowest BCUT2D eigenvalue weighted by atomic mass is 10.1. The average molecular weight is 469 g/mol. The van der Waals surface area contributed by atoms with Crippen molar-refractivity contribution in [3.8, 4) is 10.6 Å². The second-order valence-electron chi connectivity index (χ2n) is 8.06. The molecule has 1 N–H and O–H groups in total. The molecule has 0 bridgehead atoms. The van der Waals surface area contributed by atoms with Gasteiger partial charge in [0.1, 0.15) is 5.01 Å². The van der Waals surface area contributed by atoms with Crippen molar-refractivity contribution < 1.29 is 14.4 Å². The molecule has 0 radical (unpaired) electrons. The van der Waals surface area contributed by atoms with Crippen LogP contribution in [0.4, 0.5) is 5.69 Å². The summed E-state index contributed by atoms with van der Waals surface area (Å²) in [6, 6.07) is 13.9. The molecule has 168 valence electrons. The largest absolute Gasteiger partial charge is 0.346 e. The fourth-order valence-corrected chi connectivity index (χ4v) is 4.75. The van der Waals surface area contributed by atoms with Crippen LogP contribution in [0.3, 0.4) is 0 Å². The summed E-state index contributed by atoms with van der Waals surface area (Å²) in [7, 11) is 0. The van der Waals surface area contributed by atoms with E-state index in [1.54, 1.807) is 24.5 Å². The van der Waals surface area contributed by atoms with Gasteiger partial charge in [-0.1, -0.05) is 17.7 Å². The van der Waals surface area contributed by atoms with Gasteiger partial charge in [0, 0.05) is 28.9 Å². The Hall–Kier alpha value is -4.17. The number of thiazole rings is 1. The van der Waals surface area contributed by atoms with Crippen molar-refractivity contribution in [3.63, 3.8) is 0 Å². The third kappa shape index (κ3) is 3.88. The third-order valence-electron chi connectivity index (χ3n) is 5.63. The van der Waals surface area contributed by atoms with Crippen molar-refractivity contribution in [3.05, 3.63) is 99.8 Å². The van der Waals surface area contributed by atoms with Crippen LogP contribution in [0.1, 0.15) is 47.9 Å². The molecule has 0 aliphatic carbocycles. The molecule has 1 aliphatic heterocycles. The van der Waals surface area contributed by atoms with Crippen molar-refractivity contribution in [2.45, 2.75) is 20.4 Å². The molecule has 0 saturated carbocycles. The first-order valence-corrected chi connectivity index (χ1v) is 11.5. The van der Waals surface area contributed by atoms with Gasteiger partial charge in [0.05, 0.1) is 29.1 Å². The lowest BCUT2D eigenvalue weighted by Gasteiger charge is -2.16. The van der Waals surface area contributed by atoms with Crippen molar-refractivity contribution in [1.29, 1.82) is 0 Å². The molecule has 1 aliphatic rings. The summed E-state index contributed by atoms with van der Waals surface area (Å²) in [5.74, 6) is -1.16. The normalized spacial score (nSPS) is 12.7. The first-order chi connectivity index (χ1) is 16.4. The second-order valence-corrected chi connectivity index (χ2v) is 8.92. The molecule has 7 nitrogen and oxygen atoms in total. The molecule has 0 atom stereocenters. The molecule has 3 amide bonds. The van der Waals surface area contributed by atoms with Crippen LogP contribution in [-0.2, 0) is 6.54 Å². The van der Waals surface area contributed by atoms with Gasteiger partial charge in [-0.25, -0.2) is 9.88 Å². The van der Waals surface area contributed by atoms with Gasteiger partial charge < -0.3 is 5.32 Å². The number of rotatable bonds is 5. The molecule has 3 heterocycles. The number of imide groups is 1. The summed E-state index contributed by atoms with van der Waals surface area (Å²) in [4.78, 5) is 48.6. The predicted octanol–water partition coefficient (Wildman–Crippen LogP) is 4.55. The maximum atomic E-state index is 13.1. The Balaban J connectivity index is 1.32. The fraction of sp³-hybridized carbons (Fsp3) is 0.115. The van der Waals surface area contributed by atoms with E-state index in [9.17, 15) is 14.4 Å². The minimum atomic E-state index is -0.429. The molecule has 0 spiro atoms. The third-order valence-corrected chi connectivity index (χ3v) is 6.57. The quantitative estimate of drug-likeness (QED) is 0.434. The molecule has 34 heavy (non-hydrogen) atoms. The minimum absolute atomic E-state index is 0.227. The van der Waals surface area contributed by atoms with E-state index in [1.807, 2.05) is 43.5 Å². The number of nitrogens with zero attached hydrogens (tertiary/aromatic N) is 3. The number of fused-ring (bicyclic) bond motifs is 1. The Morgan fingerprint density at radius 3 is 2.62 bits per heavy atom. The number of benzene rings is 2. The first kappa shape index (κ1) is 21.7. The van der Waals surface area contributed by atoms with Gasteiger partial charge in [-0.2, -0.15) is 0 Å². The average Bonchev–Trinajstić information content (AvgIpc) is 3.41. The van der Waals surface area contributed by atoms with Crippen LogP contribution < -0.4 is 10.2 Å². The predicted molar refractivity (Wildman–Crippen MR) is 130 cm³/mol. The van der Waals surface area contributed by atoms with E-state index in [0.29, 0.717) is 16.8 Å². The number of aromatic nitrogens is 2. The lowest BCUT2D eigenvalue weighted by Crippen LogP contribution is -2.30. The van der Waals surface area contributed by atoms with E-state index in [-0.39, 0.29) is 23.9 Å². The molecule has 5 rings (SSSR count). The molecular formula is C26H20N4O3S. The number of aryl methyl sites for hydroxylation is 2. The highest BCUT2D eigenvalue weighted by Crippen LogP contribution is 2.31. The number of hydrogen-bond acceptors (Lipinski definition) is 6. The van der Waals surface area contributed by atoms with Crippen molar-refractivity contribution in [2.75, 3.05) is 4.90 Å². The highest BCUT2D eigenvalue weighted by atomic mass is 32.1. The van der Waals surface area contributed by atoms with Crippen LogP contribution in [0.5, 0.6) is 0 Å². The van der Waals surface area contributed by atoms with Crippen LogP contribution in [0.25, 0.3) is 10.6 Å². The zero-order valence-corrected chi connectivity index (χ0v) is 19.3. The van der Waals surface area contributed by atoms with Crippen molar-refractivity contribution >= 4 is 34.7 Å². The number of amides is 3. The summed E-state index contributed by atoms with van der Waals surface area (Å²) >= 11 is 1.48.